The Kier molecular flexibility index (Phi) is 5.42. The highest BCUT2D eigenvalue weighted by molar-refractivity contribution is 9.12. The first-order valence-electron chi connectivity index (χ1n) is 7.68. The molecule has 0 N–H and O–H groups in total. The molecule has 0 unspecified atom stereocenters. The lowest BCUT2D eigenvalue weighted by molar-refractivity contribution is 0.271. The normalized spacial score (nSPS) is 16.1. The van der Waals surface area contributed by atoms with E-state index in [1.165, 1.54) is 0 Å². The largest absolute Gasteiger partial charge is 0.353 e. The molecule has 1 fully saturated rings. The Morgan fingerprint density at radius 1 is 1.00 bits per heavy atom. The number of anilines is 1. The van der Waals surface area contributed by atoms with Gasteiger partial charge in [-0.1, -0.05) is 36.4 Å². The van der Waals surface area contributed by atoms with E-state index in [1.54, 1.807) is 0 Å². The molecule has 2 aromatic rings. The number of benzene rings is 1. The van der Waals surface area contributed by atoms with Crippen LogP contribution in [0.15, 0.2) is 64.3 Å². The lowest BCUT2D eigenvalue weighted by atomic mass is 10.2. The van der Waals surface area contributed by atoms with Crippen molar-refractivity contribution in [2.75, 3.05) is 31.1 Å². The minimum atomic E-state index is 0.901. The van der Waals surface area contributed by atoms with Gasteiger partial charge in [0.15, 0.2) is 0 Å². The zero-order chi connectivity index (χ0) is 15.9. The second kappa shape index (κ2) is 7.92. The number of allylic oxidation sites excluding steroid dienone is 1. The minimum Gasteiger partial charge on any atom is -0.353 e. The highest BCUT2D eigenvalue weighted by atomic mass is 79.9. The predicted molar refractivity (Wildman–Crippen MR) is 99.9 cm³/mol. The molecule has 4 nitrogen and oxygen atoms in total. The van der Waals surface area contributed by atoms with E-state index in [2.05, 4.69) is 60.2 Å². The van der Waals surface area contributed by atoms with E-state index in [0.717, 1.165) is 42.0 Å². The summed E-state index contributed by atoms with van der Waals surface area (Å²) in [5.74, 6) is 1.04. The van der Waals surface area contributed by atoms with Crippen LogP contribution in [0, 0.1) is 0 Å². The van der Waals surface area contributed by atoms with E-state index in [-0.39, 0.29) is 0 Å². The number of aromatic nitrogens is 1. The van der Waals surface area contributed by atoms with Gasteiger partial charge in [0.1, 0.15) is 5.82 Å². The topological polar surface area (TPSA) is 31.7 Å². The molecule has 0 atom stereocenters. The summed E-state index contributed by atoms with van der Waals surface area (Å²) in [6.07, 6.45) is 5.77. The molecule has 1 aliphatic heterocycles. The lowest BCUT2D eigenvalue weighted by Gasteiger charge is -2.33. The number of hydrogen-bond donors (Lipinski definition) is 0. The fraction of sp³-hybridized carbons (Fsp3) is 0.222. The van der Waals surface area contributed by atoms with E-state index in [4.69, 9.17) is 0 Å². The summed E-state index contributed by atoms with van der Waals surface area (Å²) < 4.78 is 0.968. The third kappa shape index (κ3) is 4.66. The first-order chi connectivity index (χ1) is 11.3. The molecule has 0 aliphatic carbocycles. The maximum absolute atomic E-state index is 4.55. The van der Waals surface area contributed by atoms with Gasteiger partial charge in [-0.05, 0) is 39.7 Å². The monoisotopic (exact) mass is 370 g/mol. The Morgan fingerprint density at radius 3 is 2.43 bits per heavy atom. The van der Waals surface area contributed by atoms with Crippen LogP contribution in [0.5, 0.6) is 0 Å². The van der Waals surface area contributed by atoms with E-state index in [0.29, 0.717) is 0 Å². The van der Waals surface area contributed by atoms with Crippen molar-refractivity contribution in [2.24, 2.45) is 5.10 Å². The highest BCUT2D eigenvalue weighted by Gasteiger charge is 2.16. The molecule has 1 aliphatic rings. The van der Waals surface area contributed by atoms with Crippen molar-refractivity contribution in [3.05, 3.63) is 64.8 Å². The van der Waals surface area contributed by atoms with Crippen LogP contribution in [0.2, 0.25) is 0 Å². The van der Waals surface area contributed by atoms with Crippen molar-refractivity contribution in [3.8, 4) is 0 Å². The Morgan fingerprint density at radius 2 is 1.74 bits per heavy atom. The van der Waals surface area contributed by atoms with Crippen LogP contribution in [-0.2, 0) is 0 Å². The molecule has 5 heteroatoms. The highest BCUT2D eigenvalue weighted by Crippen LogP contribution is 2.14. The van der Waals surface area contributed by atoms with Crippen molar-refractivity contribution < 1.29 is 0 Å². The van der Waals surface area contributed by atoms with E-state index >= 15 is 0 Å². The van der Waals surface area contributed by atoms with Crippen LogP contribution >= 0.6 is 15.9 Å². The van der Waals surface area contributed by atoms with Crippen LogP contribution in [0.25, 0.3) is 6.08 Å². The van der Waals surface area contributed by atoms with Gasteiger partial charge in [-0.25, -0.2) is 4.98 Å². The van der Waals surface area contributed by atoms with Crippen molar-refractivity contribution in [2.45, 2.75) is 0 Å². The zero-order valence-electron chi connectivity index (χ0n) is 12.8. The molecule has 0 saturated carbocycles. The fourth-order valence-corrected chi connectivity index (χ4v) is 2.82. The third-order valence-corrected chi connectivity index (χ3v) is 4.11. The smallest absolute Gasteiger partial charge is 0.128 e. The summed E-state index contributed by atoms with van der Waals surface area (Å²) in [5, 5.41) is 6.65. The molecule has 1 saturated heterocycles. The second-order valence-corrected chi connectivity index (χ2v) is 6.23. The average molecular weight is 371 g/mol. The maximum Gasteiger partial charge on any atom is 0.128 e. The van der Waals surface area contributed by atoms with Crippen molar-refractivity contribution >= 4 is 34.0 Å². The maximum atomic E-state index is 4.55. The Bertz CT molecular complexity index is 662. The van der Waals surface area contributed by atoms with E-state index in [9.17, 15) is 0 Å². The van der Waals surface area contributed by atoms with Gasteiger partial charge in [-0.3, -0.25) is 5.01 Å². The van der Waals surface area contributed by atoms with Crippen LogP contribution < -0.4 is 4.90 Å². The molecule has 1 aromatic carbocycles. The Balaban J connectivity index is 1.53. The van der Waals surface area contributed by atoms with Crippen molar-refractivity contribution in [1.82, 2.24) is 9.99 Å². The molecular weight excluding hydrogens is 352 g/mol. The fourth-order valence-electron chi connectivity index (χ4n) is 2.46. The molecule has 0 bridgehead atoms. The third-order valence-electron chi connectivity index (χ3n) is 3.68. The number of halogens is 1. The molecule has 118 valence electrons. The summed E-state index contributed by atoms with van der Waals surface area (Å²) >= 11 is 3.55. The summed E-state index contributed by atoms with van der Waals surface area (Å²) in [4.78, 5) is 6.69. The van der Waals surface area contributed by atoms with Crippen molar-refractivity contribution in [3.63, 3.8) is 0 Å². The first kappa shape index (κ1) is 15.7. The lowest BCUT2D eigenvalue weighted by Crippen LogP contribution is -2.44. The predicted octanol–water partition coefficient (Wildman–Crippen LogP) is 3.63. The number of nitrogens with zero attached hydrogens (tertiary/aromatic N) is 4. The Labute approximate surface area is 145 Å². The van der Waals surface area contributed by atoms with Crippen LogP contribution in [0.1, 0.15) is 5.56 Å². The van der Waals surface area contributed by atoms with Crippen LogP contribution in [0.4, 0.5) is 5.82 Å². The molecular formula is C18H19BrN4. The molecule has 3 rings (SSSR count). The molecule has 2 heterocycles. The van der Waals surface area contributed by atoms with Crippen molar-refractivity contribution in [1.29, 1.82) is 0 Å². The van der Waals surface area contributed by atoms with Gasteiger partial charge in [0.05, 0.1) is 19.3 Å². The summed E-state index contributed by atoms with van der Waals surface area (Å²) in [6, 6.07) is 16.2. The molecule has 1 aromatic heterocycles. The summed E-state index contributed by atoms with van der Waals surface area (Å²) in [7, 11) is 0. The molecule has 0 radical (unpaired) electrons. The van der Waals surface area contributed by atoms with Gasteiger partial charge in [-0.15, -0.1) is 0 Å². The van der Waals surface area contributed by atoms with Gasteiger partial charge in [-0.2, -0.15) is 5.10 Å². The van der Waals surface area contributed by atoms with Gasteiger partial charge >= 0.3 is 0 Å². The zero-order valence-corrected chi connectivity index (χ0v) is 14.4. The Hall–Kier alpha value is -2.14. The summed E-state index contributed by atoms with van der Waals surface area (Å²) in [5.41, 5.74) is 1.16. The van der Waals surface area contributed by atoms with Crippen LogP contribution in [-0.4, -0.2) is 42.4 Å². The SMILES string of the molecule is BrC(=C\c1ccccc1)/C=N/N1CCN(c2ccccn2)CC1. The second-order valence-electron chi connectivity index (χ2n) is 5.31. The number of piperazine rings is 1. The average Bonchev–Trinajstić information content (AvgIpc) is 2.62. The van der Waals surface area contributed by atoms with Gasteiger partial charge in [0.2, 0.25) is 0 Å². The van der Waals surface area contributed by atoms with Gasteiger partial charge < -0.3 is 4.90 Å². The minimum absolute atomic E-state index is 0.901. The first-order valence-corrected chi connectivity index (χ1v) is 8.48. The van der Waals surface area contributed by atoms with Gasteiger partial charge in [0, 0.05) is 23.8 Å². The number of hydrogen-bond acceptors (Lipinski definition) is 4. The molecule has 0 spiro atoms. The number of hydrazone groups is 1. The molecule has 23 heavy (non-hydrogen) atoms. The number of rotatable bonds is 4. The summed E-state index contributed by atoms with van der Waals surface area (Å²) in [6.45, 7) is 3.68. The van der Waals surface area contributed by atoms with Crippen LogP contribution in [0.3, 0.4) is 0 Å². The van der Waals surface area contributed by atoms with E-state index in [1.807, 2.05) is 42.7 Å². The quantitative estimate of drug-likeness (QED) is 0.770. The van der Waals surface area contributed by atoms with E-state index < -0.39 is 0 Å². The number of pyridine rings is 1. The molecule has 0 amide bonds. The van der Waals surface area contributed by atoms with Gasteiger partial charge in [0.25, 0.3) is 0 Å². The standard InChI is InChI=1S/C18H19BrN4/c19-17(14-16-6-2-1-3-7-16)15-21-23-12-10-22(11-13-23)18-8-4-5-9-20-18/h1-9,14-15H,10-13H2/b17-14-,21-15+.